The van der Waals surface area contributed by atoms with Crippen LogP contribution in [0.25, 0.3) is 0 Å². The van der Waals surface area contributed by atoms with Gasteiger partial charge < -0.3 is 4.90 Å². The van der Waals surface area contributed by atoms with Crippen LogP contribution in [0.3, 0.4) is 0 Å². The highest BCUT2D eigenvalue weighted by Crippen LogP contribution is 2.26. The number of nitrogens with zero attached hydrogens (tertiary/aromatic N) is 3. The van der Waals surface area contributed by atoms with Crippen molar-refractivity contribution in [3.05, 3.63) is 0 Å². The van der Waals surface area contributed by atoms with Crippen LogP contribution in [0.15, 0.2) is 0 Å². The molecule has 0 N–H and O–H groups in total. The molecule has 15 heavy (non-hydrogen) atoms. The monoisotopic (exact) mass is 209 g/mol. The Morgan fingerprint density at radius 2 is 1.87 bits per heavy atom. The molecule has 1 aliphatic rings. The quantitative estimate of drug-likeness (QED) is 0.706. The van der Waals surface area contributed by atoms with Crippen molar-refractivity contribution in [2.24, 2.45) is 5.92 Å². The molecule has 0 aliphatic carbocycles. The highest BCUT2D eigenvalue weighted by atomic mass is 15.2. The molecule has 1 saturated heterocycles. The Bertz CT molecular complexity index is 232. The van der Waals surface area contributed by atoms with Crippen molar-refractivity contribution < 1.29 is 0 Å². The van der Waals surface area contributed by atoms with Crippen LogP contribution in [0.4, 0.5) is 0 Å². The molecule has 1 fully saturated rings. The third-order valence-corrected chi connectivity index (χ3v) is 3.37. The van der Waals surface area contributed by atoms with Gasteiger partial charge in [0.15, 0.2) is 0 Å². The molecule has 0 aromatic rings. The highest BCUT2D eigenvalue weighted by molar-refractivity contribution is 5.09. The number of piperidine rings is 1. The normalized spacial score (nSPS) is 21.9. The van der Waals surface area contributed by atoms with E-state index in [0.29, 0.717) is 0 Å². The Morgan fingerprint density at radius 1 is 1.33 bits per heavy atom. The summed E-state index contributed by atoms with van der Waals surface area (Å²) in [4.78, 5) is 4.56. The van der Waals surface area contributed by atoms with Gasteiger partial charge in [0.2, 0.25) is 0 Å². The topological polar surface area (TPSA) is 30.3 Å². The number of likely N-dealkylation sites (tertiary alicyclic amines) is 1. The Morgan fingerprint density at radius 3 is 2.20 bits per heavy atom. The van der Waals surface area contributed by atoms with E-state index < -0.39 is 0 Å². The van der Waals surface area contributed by atoms with Gasteiger partial charge in [0.1, 0.15) is 5.54 Å². The van der Waals surface area contributed by atoms with Crippen molar-refractivity contribution in [3.8, 4) is 6.07 Å². The molecule has 0 aromatic carbocycles. The van der Waals surface area contributed by atoms with Gasteiger partial charge in [0, 0.05) is 19.6 Å². The summed E-state index contributed by atoms with van der Waals surface area (Å²) in [7, 11) is 4.03. The van der Waals surface area contributed by atoms with Crippen LogP contribution < -0.4 is 0 Å². The minimum absolute atomic E-state index is 0.215. The smallest absolute Gasteiger partial charge is 0.111 e. The molecule has 0 atom stereocenters. The summed E-state index contributed by atoms with van der Waals surface area (Å²) in [5.74, 6) is 0.721. The average molecular weight is 209 g/mol. The van der Waals surface area contributed by atoms with E-state index in [0.717, 1.165) is 38.4 Å². The lowest BCUT2D eigenvalue weighted by atomic mass is 9.87. The first-order valence-electron chi connectivity index (χ1n) is 5.81. The van der Waals surface area contributed by atoms with Crippen molar-refractivity contribution in [1.82, 2.24) is 9.80 Å². The van der Waals surface area contributed by atoms with Crippen LogP contribution in [-0.4, -0.2) is 49.1 Å². The summed E-state index contributed by atoms with van der Waals surface area (Å²) < 4.78 is 0. The van der Waals surface area contributed by atoms with Gasteiger partial charge in [-0.2, -0.15) is 5.26 Å². The van der Waals surface area contributed by atoms with Crippen LogP contribution in [0.1, 0.15) is 26.7 Å². The highest BCUT2D eigenvalue weighted by Gasteiger charge is 2.36. The van der Waals surface area contributed by atoms with E-state index in [1.807, 2.05) is 14.1 Å². The molecule has 1 rings (SSSR count). The molecule has 86 valence electrons. The van der Waals surface area contributed by atoms with E-state index in [2.05, 4.69) is 29.7 Å². The first-order valence-corrected chi connectivity index (χ1v) is 5.81. The maximum Gasteiger partial charge on any atom is 0.111 e. The first-order chi connectivity index (χ1) is 7.00. The molecular formula is C12H23N3. The number of hydrogen-bond acceptors (Lipinski definition) is 3. The third-order valence-electron chi connectivity index (χ3n) is 3.37. The van der Waals surface area contributed by atoms with E-state index in [4.69, 9.17) is 0 Å². The fraction of sp³-hybridized carbons (Fsp3) is 0.917. The fourth-order valence-corrected chi connectivity index (χ4v) is 2.28. The van der Waals surface area contributed by atoms with Gasteiger partial charge >= 0.3 is 0 Å². The fourth-order valence-electron chi connectivity index (χ4n) is 2.28. The molecular weight excluding hydrogens is 186 g/mol. The van der Waals surface area contributed by atoms with E-state index in [1.54, 1.807) is 0 Å². The van der Waals surface area contributed by atoms with Crippen molar-refractivity contribution in [2.75, 3.05) is 33.7 Å². The molecule has 3 nitrogen and oxygen atoms in total. The Kier molecular flexibility index (Phi) is 4.12. The second-order valence-corrected chi connectivity index (χ2v) is 5.23. The van der Waals surface area contributed by atoms with Gasteiger partial charge in [-0.15, -0.1) is 0 Å². The van der Waals surface area contributed by atoms with Crippen LogP contribution >= 0.6 is 0 Å². The van der Waals surface area contributed by atoms with E-state index >= 15 is 0 Å². The summed E-state index contributed by atoms with van der Waals surface area (Å²) in [5.41, 5.74) is -0.215. The lowest BCUT2D eigenvalue weighted by Crippen LogP contribution is -2.52. The zero-order valence-corrected chi connectivity index (χ0v) is 10.5. The Labute approximate surface area is 93.7 Å². The van der Waals surface area contributed by atoms with Crippen molar-refractivity contribution >= 4 is 0 Å². The minimum atomic E-state index is -0.215. The first kappa shape index (κ1) is 12.5. The van der Waals surface area contributed by atoms with E-state index in [-0.39, 0.29) is 5.54 Å². The summed E-state index contributed by atoms with van der Waals surface area (Å²) in [6.07, 6.45) is 1.95. The van der Waals surface area contributed by atoms with Gasteiger partial charge in [0.25, 0.3) is 0 Å². The van der Waals surface area contributed by atoms with Gasteiger partial charge in [-0.25, -0.2) is 0 Å². The largest absolute Gasteiger partial charge is 0.303 e. The van der Waals surface area contributed by atoms with E-state index in [1.165, 1.54) is 0 Å². The third kappa shape index (κ3) is 2.93. The van der Waals surface area contributed by atoms with Crippen molar-refractivity contribution in [2.45, 2.75) is 32.2 Å². The maximum atomic E-state index is 9.27. The summed E-state index contributed by atoms with van der Waals surface area (Å²) >= 11 is 0. The number of nitriles is 1. The Balaban J connectivity index is 2.51. The predicted octanol–water partition coefficient (Wildman–Crippen LogP) is 1.56. The second kappa shape index (κ2) is 4.96. The zero-order chi connectivity index (χ0) is 11.5. The average Bonchev–Trinajstić information content (AvgIpc) is 2.18. The molecule has 0 amide bonds. The van der Waals surface area contributed by atoms with E-state index in [9.17, 15) is 5.26 Å². The molecule has 3 heteroatoms. The second-order valence-electron chi connectivity index (χ2n) is 5.23. The summed E-state index contributed by atoms with van der Waals surface area (Å²) in [6.45, 7) is 7.78. The van der Waals surface area contributed by atoms with Gasteiger partial charge in [-0.05, 0) is 32.9 Å². The van der Waals surface area contributed by atoms with Crippen LogP contribution in [0.5, 0.6) is 0 Å². The van der Waals surface area contributed by atoms with Crippen molar-refractivity contribution in [3.63, 3.8) is 0 Å². The molecule has 0 aromatic heterocycles. The molecule has 0 unspecified atom stereocenters. The van der Waals surface area contributed by atoms with Gasteiger partial charge in [0.05, 0.1) is 6.07 Å². The summed E-state index contributed by atoms with van der Waals surface area (Å²) in [6, 6.07) is 2.49. The number of hydrogen-bond donors (Lipinski definition) is 0. The number of rotatable bonds is 3. The minimum Gasteiger partial charge on any atom is -0.303 e. The van der Waals surface area contributed by atoms with Crippen LogP contribution in [0, 0.1) is 17.2 Å². The van der Waals surface area contributed by atoms with Crippen LogP contribution in [-0.2, 0) is 0 Å². The Hall–Kier alpha value is -0.590. The lowest BCUT2D eigenvalue weighted by molar-refractivity contribution is 0.0916. The molecule has 0 radical (unpaired) electrons. The van der Waals surface area contributed by atoms with Crippen LogP contribution in [0.2, 0.25) is 0 Å². The SMILES string of the molecule is CC(C)CN1CCC(C#N)(N(C)C)CC1. The molecule has 0 saturated carbocycles. The predicted molar refractivity (Wildman–Crippen MR) is 62.5 cm³/mol. The molecule has 0 spiro atoms. The zero-order valence-electron chi connectivity index (χ0n) is 10.5. The van der Waals surface area contributed by atoms with Crippen molar-refractivity contribution in [1.29, 1.82) is 5.26 Å². The molecule has 1 heterocycles. The van der Waals surface area contributed by atoms with Gasteiger partial charge in [-0.1, -0.05) is 13.8 Å². The molecule has 0 bridgehead atoms. The van der Waals surface area contributed by atoms with Gasteiger partial charge in [-0.3, -0.25) is 4.90 Å². The standard InChI is InChI=1S/C12H23N3/c1-11(2)9-15-7-5-12(10-13,6-8-15)14(3)4/h11H,5-9H2,1-4H3. The summed E-state index contributed by atoms with van der Waals surface area (Å²) in [5, 5.41) is 9.27. The lowest BCUT2D eigenvalue weighted by Gasteiger charge is -2.41. The maximum absolute atomic E-state index is 9.27. The molecule has 1 aliphatic heterocycles.